The first-order chi connectivity index (χ1) is 42.7. The summed E-state index contributed by atoms with van der Waals surface area (Å²) >= 11 is 0.940. The van der Waals surface area contributed by atoms with Crippen LogP contribution in [0.2, 0.25) is 0 Å². The molecule has 26 heteroatoms. The Morgan fingerprint density at radius 2 is 0.793 bits per heavy atom. The fraction of sp³-hybridized carbons (Fsp3) is 0.545. The third kappa shape index (κ3) is 28.7. The number of aliphatic carboxylic acids is 1. The lowest BCUT2D eigenvalue weighted by Gasteiger charge is -2.37. The number of alkyl carbamates (subject to hydrolysis) is 1. The van der Waals surface area contributed by atoms with Crippen LogP contribution in [0.1, 0.15) is 165 Å². The highest BCUT2D eigenvalue weighted by molar-refractivity contribution is 7.99. The van der Waals surface area contributed by atoms with Crippen LogP contribution in [-0.2, 0) is 77.2 Å². The zero-order chi connectivity index (χ0) is 69.4. The Hall–Kier alpha value is -8.55. The molecule has 0 heterocycles. The van der Waals surface area contributed by atoms with E-state index < -0.39 is 174 Å². The highest BCUT2D eigenvalue weighted by atomic mass is 32.2. The lowest BCUT2D eigenvalue weighted by atomic mass is 9.77. The van der Waals surface area contributed by atoms with Gasteiger partial charge in [0, 0.05) is 25.5 Å². The van der Waals surface area contributed by atoms with Crippen LogP contribution in [0, 0.1) is 5.92 Å². The number of rotatable bonds is 32. The Balaban J connectivity index is 2.19. The van der Waals surface area contributed by atoms with Crippen molar-refractivity contribution in [2.45, 2.75) is 213 Å². The van der Waals surface area contributed by atoms with E-state index in [0.717, 1.165) is 11.8 Å². The number of hydrogen-bond acceptors (Lipinski definition) is 17. The third-order valence-corrected chi connectivity index (χ3v) is 13.7. The van der Waals surface area contributed by atoms with Gasteiger partial charge in [0.05, 0.1) is 18.7 Å². The Morgan fingerprint density at radius 1 is 0.446 bits per heavy atom. The van der Waals surface area contributed by atoms with Crippen LogP contribution in [0.5, 0.6) is 0 Å². The standard InChI is InChI=1S/C66H94N8O17S/c1-40(2)35-49(60(85)86)71-55(80)45(31-33-52(77)88-62(4,5)6)69-59(84)50(38-92-39-67-41(3)75)72-56(81)46(32-34-53(78)89-63(7,8)9)68-58(83)48(37-54(79)90-64(10,11)12)70-57(82)47(73-61(87)91-65(13,14)15)36-51(76)74-66(42-25-19-16-20-26-42,43-27-21-17-22-28-43)44-29-23-18-24-30-44/h16-30,40,45-50H,31-39H2,1-15H3,(H,67,75)(H,68,83)(H,69,84)(H,70,82)(H,71,80)(H,72,81)(H,73,87)(H,74,76)(H,85,86)/t45-,46-,47-,48-,49-,50-/m0/s1. The summed E-state index contributed by atoms with van der Waals surface area (Å²) in [6.07, 6.45) is -4.81. The van der Waals surface area contributed by atoms with E-state index in [9.17, 15) is 62.6 Å². The molecule has 25 nitrogen and oxygen atoms in total. The van der Waals surface area contributed by atoms with Gasteiger partial charge in [0.2, 0.25) is 41.4 Å². The number of ether oxygens (including phenoxy) is 4. The molecule has 0 saturated heterocycles. The molecule has 8 amide bonds. The number of amides is 8. The number of nitrogens with one attached hydrogen (secondary N) is 8. The minimum atomic E-state index is -1.97. The number of carbonyl (C=O) groups is 12. The maximum Gasteiger partial charge on any atom is 0.408 e. The molecular formula is C66H94N8O17S. The van der Waals surface area contributed by atoms with Gasteiger partial charge in [-0.05, 0) is 125 Å². The third-order valence-electron chi connectivity index (χ3n) is 12.8. The zero-order valence-corrected chi connectivity index (χ0v) is 56.3. The van der Waals surface area contributed by atoms with Gasteiger partial charge in [-0.2, -0.15) is 0 Å². The van der Waals surface area contributed by atoms with Gasteiger partial charge in [0.15, 0.2) is 0 Å². The van der Waals surface area contributed by atoms with E-state index in [1.54, 1.807) is 152 Å². The molecule has 0 bridgehead atoms. The highest BCUT2D eigenvalue weighted by Crippen LogP contribution is 2.37. The molecular weight excluding hydrogens is 1210 g/mol. The van der Waals surface area contributed by atoms with Crippen molar-refractivity contribution in [2.24, 2.45) is 5.92 Å². The smallest absolute Gasteiger partial charge is 0.408 e. The van der Waals surface area contributed by atoms with Crippen LogP contribution in [0.3, 0.4) is 0 Å². The van der Waals surface area contributed by atoms with E-state index in [2.05, 4.69) is 42.5 Å². The first-order valence-electron chi connectivity index (χ1n) is 30.4. The summed E-state index contributed by atoms with van der Waals surface area (Å²) in [5, 5.41) is 30.6. The first kappa shape index (κ1) is 77.7. The van der Waals surface area contributed by atoms with Gasteiger partial charge in [0.1, 0.15) is 64.2 Å². The quantitative estimate of drug-likeness (QED) is 0.0118. The molecule has 506 valence electrons. The van der Waals surface area contributed by atoms with E-state index in [4.69, 9.17) is 18.9 Å². The molecule has 0 spiro atoms. The number of carboxylic acids is 1. The van der Waals surface area contributed by atoms with Crippen molar-refractivity contribution < 1.29 is 81.6 Å². The lowest BCUT2D eigenvalue weighted by Crippen LogP contribution is -2.60. The van der Waals surface area contributed by atoms with Crippen molar-refractivity contribution in [3.05, 3.63) is 108 Å². The Labute approximate surface area is 543 Å². The van der Waals surface area contributed by atoms with E-state index >= 15 is 0 Å². The van der Waals surface area contributed by atoms with Crippen molar-refractivity contribution in [1.29, 1.82) is 0 Å². The summed E-state index contributed by atoms with van der Waals surface area (Å²) < 4.78 is 22.0. The molecule has 9 N–H and O–H groups in total. The van der Waals surface area contributed by atoms with Crippen molar-refractivity contribution in [2.75, 3.05) is 11.6 Å². The fourth-order valence-corrected chi connectivity index (χ4v) is 9.95. The topological polar surface area (TPSA) is 358 Å². The Morgan fingerprint density at radius 3 is 1.17 bits per heavy atom. The number of thioether (sulfide) groups is 1. The SMILES string of the molecule is CC(=O)NCSC[C@H](NC(=O)[C@H](CCC(=O)OC(C)(C)C)NC(=O)[C@H](CC(=O)OC(C)(C)C)NC(=O)[C@H](CC(=O)NC(c1ccccc1)(c1ccccc1)c1ccccc1)NC(=O)OC(C)(C)C)C(=O)N[C@@H](CCC(=O)OC(C)(C)C)C(=O)N[C@@H](CC(C)C)C(=O)O. The molecule has 0 aliphatic heterocycles. The van der Waals surface area contributed by atoms with Gasteiger partial charge in [-0.3, -0.25) is 47.9 Å². The second-order valence-electron chi connectivity index (χ2n) is 26.4. The summed E-state index contributed by atoms with van der Waals surface area (Å²) in [6, 6.07) is 16.7. The molecule has 6 atom stereocenters. The summed E-state index contributed by atoms with van der Waals surface area (Å²) in [7, 11) is 0. The molecule has 3 aromatic carbocycles. The number of esters is 3. The predicted octanol–water partition coefficient (Wildman–Crippen LogP) is 5.74. The molecule has 92 heavy (non-hydrogen) atoms. The fourth-order valence-electron chi connectivity index (χ4n) is 9.06. The van der Waals surface area contributed by atoms with Crippen LogP contribution < -0.4 is 42.5 Å². The summed E-state index contributed by atoms with van der Waals surface area (Å²) in [4.78, 5) is 166. The van der Waals surface area contributed by atoms with E-state index in [-0.39, 0.29) is 24.0 Å². The number of carboxylic acid groups (broad SMARTS) is 1. The summed E-state index contributed by atoms with van der Waals surface area (Å²) in [6.45, 7) is 23.7. The van der Waals surface area contributed by atoms with Gasteiger partial charge in [-0.1, -0.05) is 105 Å². The van der Waals surface area contributed by atoms with Crippen LogP contribution in [0.25, 0.3) is 0 Å². The molecule has 3 rings (SSSR count). The van der Waals surface area contributed by atoms with Crippen molar-refractivity contribution in [3.8, 4) is 0 Å². The molecule has 0 unspecified atom stereocenters. The number of hydrogen-bond donors (Lipinski definition) is 9. The Kier molecular flexibility index (Phi) is 29.8. The minimum absolute atomic E-state index is 0.00809. The second-order valence-corrected chi connectivity index (χ2v) is 27.4. The molecule has 0 radical (unpaired) electrons. The molecule has 0 aliphatic carbocycles. The molecule has 0 aromatic heterocycles. The van der Waals surface area contributed by atoms with E-state index in [1.165, 1.54) is 6.92 Å². The average molecular weight is 1300 g/mol. The molecule has 0 aliphatic rings. The first-order valence-corrected chi connectivity index (χ1v) is 31.5. The van der Waals surface area contributed by atoms with Gasteiger partial charge >= 0.3 is 30.0 Å². The monoisotopic (exact) mass is 1300 g/mol. The van der Waals surface area contributed by atoms with Gasteiger partial charge < -0.3 is 66.6 Å². The van der Waals surface area contributed by atoms with Crippen LogP contribution >= 0.6 is 11.8 Å². The van der Waals surface area contributed by atoms with Crippen molar-refractivity contribution in [3.63, 3.8) is 0 Å². The highest BCUT2D eigenvalue weighted by Gasteiger charge is 2.41. The second kappa shape index (κ2) is 35.3. The molecule has 0 fully saturated rings. The van der Waals surface area contributed by atoms with Gasteiger partial charge in [0.25, 0.3) is 0 Å². The zero-order valence-electron chi connectivity index (χ0n) is 55.5. The maximum atomic E-state index is 14.9. The van der Waals surface area contributed by atoms with Crippen molar-refractivity contribution >= 4 is 83.1 Å². The largest absolute Gasteiger partial charge is 0.480 e. The molecule has 0 saturated carbocycles. The number of benzene rings is 3. The summed E-state index contributed by atoms with van der Waals surface area (Å²) in [5.41, 5.74) is -3.76. The van der Waals surface area contributed by atoms with Crippen LogP contribution in [0.15, 0.2) is 91.0 Å². The lowest BCUT2D eigenvalue weighted by molar-refractivity contribution is -0.157. The van der Waals surface area contributed by atoms with Gasteiger partial charge in [-0.15, -0.1) is 11.8 Å². The minimum Gasteiger partial charge on any atom is -0.480 e. The summed E-state index contributed by atoms with van der Waals surface area (Å²) in [5.74, 6) is -11.5. The molecule has 3 aromatic rings. The number of carbonyl (C=O) groups excluding carboxylic acids is 11. The maximum absolute atomic E-state index is 14.9. The predicted molar refractivity (Wildman–Crippen MR) is 344 cm³/mol. The Bertz CT molecular complexity index is 2920. The van der Waals surface area contributed by atoms with E-state index in [1.807, 2.05) is 36.4 Å². The van der Waals surface area contributed by atoms with E-state index in [0.29, 0.717) is 16.7 Å². The van der Waals surface area contributed by atoms with Crippen molar-refractivity contribution in [1.82, 2.24) is 42.5 Å². The normalized spacial score (nSPS) is 13.8. The average Bonchev–Trinajstić information content (AvgIpc) is 0.757. The van der Waals surface area contributed by atoms with Crippen LogP contribution in [0.4, 0.5) is 4.79 Å². The van der Waals surface area contributed by atoms with Gasteiger partial charge in [-0.25, -0.2) is 9.59 Å². The van der Waals surface area contributed by atoms with Crippen LogP contribution in [-0.4, -0.2) is 147 Å².